The minimum absolute atomic E-state index is 0.0419. The van der Waals surface area contributed by atoms with E-state index in [-0.39, 0.29) is 22.3 Å². The van der Waals surface area contributed by atoms with E-state index in [0.29, 0.717) is 34.9 Å². The Morgan fingerprint density at radius 1 is 1.14 bits per heavy atom. The molecule has 2 N–H and O–H groups in total. The lowest BCUT2D eigenvalue weighted by atomic mass is 10.0. The zero-order valence-electron chi connectivity index (χ0n) is 15.9. The smallest absolute Gasteiger partial charge is 0.348 e. The maximum atomic E-state index is 12.5. The van der Waals surface area contributed by atoms with E-state index in [1.807, 2.05) is 24.3 Å². The molecule has 0 aliphatic carbocycles. The first kappa shape index (κ1) is 19.1. The van der Waals surface area contributed by atoms with Gasteiger partial charge >= 0.3 is 5.63 Å². The Morgan fingerprint density at radius 3 is 2.69 bits per heavy atom. The number of ether oxygens (including phenoxy) is 1. The van der Waals surface area contributed by atoms with Crippen LogP contribution >= 0.6 is 11.8 Å². The summed E-state index contributed by atoms with van der Waals surface area (Å²) in [6.45, 7) is 1.60. The van der Waals surface area contributed by atoms with Crippen molar-refractivity contribution in [3.63, 3.8) is 0 Å². The fraction of sp³-hybridized carbons (Fsp3) is 0.182. The first-order valence-electron chi connectivity index (χ1n) is 9.00. The second-order valence-electron chi connectivity index (χ2n) is 6.67. The molecule has 1 aliphatic heterocycles. The molecule has 6 nitrogen and oxygen atoms in total. The third kappa shape index (κ3) is 3.73. The van der Waals surface area contributed by atoms with Gasteiger partial charge in [-0.2, -0.15) is 0 Å². The normalized spacial score (nSPS) is 15.9. The van der Waals surface area contributed by atoms with E-state index in [9.17, 15) is 15.0 Å². The van der Waals surface area contributed by atoms with Gasteiger partial charge in [-0.1, -0.05) is 12.1 Å². The zero-order valence-corrected chi connectivity index (χ0v) is 16.7. The molecule has 148 valence electrons. The fourth-order valence-corrected chi connectivity index (χ4v) is 4.58. The number of phenolic OH excluding ortho intramolecular Hbond substituents is 1. The number of fused-ring (bicyclic) bond motifs is 1. The third-order valence-corrected chi connectivity index (χ3v) is 6.00. The highest BCUT2D eigenvalue weighted by Crippen LogP contribution is 2.48. The Labute approximate surface area is 171 Å². The molecule has 0 fully saturated rings. The highest BCUT2D eigenvalue weighted by Gasteiger charge is 2.28. The van der Waals surface area contributed by atoms with E-state index >= 15 is 0 Å². The van der Waals surface area contributed by atoms with Gasteiger partial charge in [-0.15, -0.1) is 11.8 Å². The second-order valence-corrected chi connectivity index (χ2v) is 7.91. The molecule has 0 radical (unpaired) electrons. The van der Waals surface area contributed by atoms with Crippen LogP contribution in [0.1, 0.15) is 28.6 Å². The van der Waals surface area contributed by atoms with Gasteiger partial charge in [0.15, 0.2) is 0 Å². The van der Waals surface area contributed by atoms with Crippen LogP contribution in [-0.2, 0) is 0 Å². The number of nitrogens with zero attached hydrogens (tertiary/aromatic N) is 1. The third-order valence-electron chi connectivity index (χ3n) is 4.69. The topological polar surface area (TPSA) is 92.3 Å². The number of thioether (sulfide) groups is 1. The molecule has 0 saturated carbocycles. The summed E-state index contributed by atoms with van der Waals surface area (Å²) in [6, 6.07) is 14.0. The van der Waals surface area contributed by atoms with Crippen LogP contribution in [0.5, 0.6) is 17.2 Å². The minimum Gasteiger partial charge on any atom is -0.508 e. The van der Waals surface area contributed by atoms with Crippen molar-refractivity contribution in [1.29, 1.82) is 0 Å². The van der Waals surface area contributed by atoms with Gasteiger partial charge in [0, 0.05) is 28.2 Å². The van der Waals surface area contributed by atoms with Crippen LogP contribution < -0.4 is 10.4 Å². The van der Waals surface area contributed by atoms with Crippen LogP contribution in [0.3, 0.4) is 0 Å². The molecular weight excluding hydrogens is 390 g/mol. The molecule has 1 aliphatic rings. The van der Waals surface area contributed by atoms with E-state index in [2.05, 4.69) is 4.99 Å². The summed E-state index contributed by atoms with van der Waals surface area (Å²) >= 11 is 1.53. The number of aromatic hydroxyl groups is 2. The maximum absolute atomic E-state index is 12.5. The number of aliphatic imine (C=N–C) groups is 1. The van der Waals surface area contributed by atoms with Crippen LogP contribution in [0.25, 0.3) is 0 Å². The Kier molecular flexibility index (Phi) is 5.07. The van der Waals surface area contributed by atoms with Crippen molar-refractivity contribution >= 4 is 23.2 Å². The van der Waals surface area contributed by atoms with Gasteiger partial charge in [-0.05, 0) is 37.3 Å². The first-order chi connectivity index (χ1) is 14.0. The molecule has 29 heavy (non-hydrogen) atoms. The molecule has 0 unspecified atom stereocenters. The molecule has 0 spiro atoms. The lowest BCUT2D eigenvalue weighted by Crippen LogP contribution is -2.17. The Hall–Kier alpha value is -3.19. The van der Waals surface area contributed by atoms with Gasteiger partial charge in [0.2, 0.25) is 0 Å². The predicted octanol–water partition coefficient (Wildman–Crippen LogP) is 4.73. The molecule has 0 bridgehead atoms. The summed E-state index contributed by atoms with van der Waals surface area (Å²) in [5.74, 6) is 0.895. The Balaban J connectivity index is 1.89. The molecule has 4 rings (SSSR count). The predicted molar refractivity (Wildman–Crippen MR) is 112 cm³/mol. The molecule has 0 saturated heterocycles. The van der Waals surface area contributed by atoms with Gasteiger partial charge in [0.05, 0.1) is 18.5 Å². The van der Waals surface area contributed by atoms with Crippen molar-refractivity contribution in [3.05, 3.63) is 75.8 Å². The van der Waals surface area contributed by atoms with E-state index in [1.165, 1.54) is 17.8 Å². The lowest BCUT2D eigenvalue weighted by Gasteiger charge is -2.18. The van der Waals surface area contributed by atoms with Gasteiger partial charge in [-0.3, -0.25) is 4.99 Å². The van der Waals surface area contributed by atoms with E-state index in [1.54, 1.807) is 32.2 Å². The zero-order chi connectivity index (χ0) is 20.5. The van der Waals surface area contributed by atoms with Gasteiger partial charge in [0.25, 0.3) is 0 Å². The average Bonchev–Trinajstić information content (AvgIpc) is 2.87. The summed E-state index contributed by atoms with van der Waals surface area (Å²) in [6.07, 6.45) is 0.307. The maximum Gasteiger partial charge on any atom is 0.348 e. The number of hydrogen-bond donors (Lipinski definition) is 2. The van der Waals surface area contributed by atoms with E-state index in [0.717, 1.165) is 4.90 Å². The molecule has 2 aromatic carbocycles. The molecule has 3 aromatic rings. The number of aryl methyl sites for hydroxylation is 1. The summed E-state index contributed by atoms with van der Waals surface area (Å²) in [4.78, 5) is 18.1. The van der Waals surface area contributed by atoms with Crippen molar-refractivity contribution in [1.82, 2.24) is 0 Å². The van der Waals surface area contributed by atoms with Crippen molar-refractivity contribution < 1.29 is 19.4 Å². The first-order valence-corrected chi connectivity index (χ1v) is 9.88. The molecule has 1 aromatic heterocycles. The van der Waals surface area contributed by atoms with Crippen molar-refractivity contribution in [3.8, 4) is 17.2 Å². The summed E-state index contributed by atoms with van der Waals surface area (Å²) in [5.41, 5.74) is 1.16. The van der Waals surface area contributed by atoms with Crippen LogP contribution in [0.15, 0.2) is 67.6 Å². The molecule has 7 heteroatoms. The van der Waals surface area contributed by atoms with Crippen LogP contribution in [0.4, 0.5) is 5.69 Å². The van der Waals surface area contributed by atoms with Crippen molar-refractivity contribution in [2.75, 3.05) is 7.11 Å². The van der Waals surface area contributed by atoms with Crippen molar-refractivity contribution in [2.45, 2.75) is 23.5 Å². The van der Waals surface area contributed by atoms with E-state index < -0.39 is 5.63 Å². The van der Waals surface area contributed by atoms with Gasteiger partial charge in [0.1, 0.15) is 28.6 Å². The summed E-state index contributed by atoms with van der Waals surface area (Å²) in [5, 5.41) is 20.7. The Morgan fingerprint density at radius 2 is 1.93 bits per heavy atom. The van der Waals surface area contributed by atoms with Crippen LogP contribution in [0.2, 0.25) is 0 Å². The number of para-hydroxylation sites is 1. The van der Waals surface area contributed by atoms with Crippen LogP contribution in [0, 0.1) is 6.92 Å². The number of rotatable bonds is 3. The number of phenols is 1. The molecule has 0 amide bonds. The molecule has 2 heterocycles. The quantitative estimate of drug-likeness (QED) is 0.650. The monoisotopic (exact) mass is 409 g/mol. The van der Waals surface area contributed by atoms with Crippen molar-refractivity contribution in [2.24, 2.45) is 4.99 Å². The largest absolute Gasteiger partial charge is 0.508 e. The average molecular weight is 409 g/mol. The standard InChI is InChI=1S/C22H19NO5S/c1-12-9-18(25)21(22(26)28-12)16-11-20(14-10-13(27-2)7-8-17(14)24)29-19-6-4-3-5-15(19)23-16/h3-10,20,24-25H,11H2,1-2H3/t20-/m1/s1. The highest BCUT2D eigenvalue weighted by atomic mass is 32.2. The molecular formula is C22H19NO5S. The van der Waals surface area contributed by atoms with Gasteiger partial charge in [-0.25, -0.2) is 4.79 Å². The Bertz CT molecular complexity index is 1170. The lowest BCUT2D eigenvalue weighted by molar-refractivity contribution is 0.410. The van der Waals surface area contributed by atoms with E-state index in [4.69, 9.17) is 9.15 Å². The second kappa shape index (κ2) is 7.67. The number of hydrogen-bond acceptors (Lipinski definition) is 7. The summed E-state index contributed by atoms with van der Waals surface area (Å²) < 4.78 is 10.5. The minimum atomic E-state index is -0.640. The summed E-state index contributed by atoms with van der Waals surface area (Å²) in [7, 11) is 1.56. The number of benzene rings is 2. The fourth-order valence-electron chi connectivity index (χ4n) is 3.32. The SMILES string of the molecule is COc1ccc(O)c([C@H]2CC(c3c(O)cc(C)oc3=O)=Nc3ccccc3S2)c1. The number of methoxy groups -OCH3 is 1. The highest BCUT2D eigenvalue weighted by molar-refractivity contribution is 7.99. The molecule has 1 atom stereocenters. The van der Waals surface area contributed by atoms with Crippen LogP contribution in [-0.4, -0.2) is 23.0 Å². The van der Waals surface area contributed by atoms with Gasteiger partial charge < -0.3 is 19.4 Å².